The predicted octanol–water partition coefficient (Wildman–Crippen LogP) is 6.82. The Bertz CT molecular complexity index is 1600. The van der Waals surface area contributed by atoms with Gasteiger partial charge in [0.2, 0.25) is 0 Å². The minimum atomic E-state index is -0.727. The van der Waals surface area contributed by atoms with Gasteiger partial charge in [0.25, 0.3) is 5.91 Å². The molecule has 4 aromatic rings. The molecule has 0 unspecified atom stereocenters. The molecule has 0 spiro atoms. The molecule has 4 aromatic carbocycles. The van der Waals surface area contributed by atoms with Crippen molar-refractivity contribution in [2.24, 2.45) is 0 Å². The van der Waals surface area contributed by atoms with E-state index in [9.17, 15) is 14.4 Å². The van der Waals surface area contributed by atoms with Gasteiger partial charge in [-0.25, -0.2) is 4.79 Å². The largest absolute Gasteiger partial charge is 0.492 e. The highest BCUT2D eigenvalue weighted by Crippen LogP contribution is 2.24. The monoisotopic (exact) mass is 608 g/mol. The normalized spacial score (nSPS) is 11.2. The van der Waals surface area contributed by atoms with Gasteiger partial charge in [-0.15, -0.1) is 11.8 Å². The summed E-state index contributed by atoms with van der Waals surface area (Å²) in [5.74, 6) is -0.106. The van der Waals surface area contributed by atoms with Gasteiger partial charge in [-0.3, -0.25) is 9.59 Å². The molecule has 0 saturated heterocycles. The third kappa shape index (κ3) is 8.39. The molecular formula is C36H36N2O5S. The number of methoxy groups -OCH3 is 1. The van der Waals surface area contributed by atoms with E-state index in [1.165, 1.54) is 7.11 Å². The Morgan fingerprint density at radius 2 is 1.61 bits per heavy atom. The maximum Gasteiger partial charge on any atom is 0.328 e. The lowest BCUT2D eigenvalue weighted by Crippen LogP contribution is -2.35. The molecule has 0 radical (unpaired) electrons. The summed E-state index contributed by atoms with van der Waals surface area (Å²) in [6.07, 6.45) is 2.32. The van der Waals surface area contributed by atoms with Gasteiger partial charge < -0.3 is 19.7 Å². The molecule has 0 fully saturated rings. The topological polar surface area (TPSA) is 84.9 Å². The number of carbonyl (C=O) groups excluding carboxylic acids is 3. The van der Waals surface area contributed by atoms with Crippen LogP contribution in [0.4, 0.5) is 11.4 Å². The van der Waals surface area contributed by atoms with Crippen molar-refractivity contribution in [2.75, 3.05) is 36.7 Å². The zero-order valence-corrected chi connectivity index (χ0v) is 25.9. The summed E-state index contributed by atoms with van der Waals surface area (Å²) in [4.78, 5) is 41.6. The highest BCUT2D eigenvalue weighted by atomic mass is 32.2. The van der Waals surface area contributed by atoms with E-state index in [2.05, 4.69) is 11.9 Å². The van der Waals surface area contributed by atoms with Gasteiger partial charge in [0.1, 0.15) is 18.4 Å². The number of amides is 1. The van der Waals surface area contributed by atoms with Crippen LogP contribution in [0.5, 0.6) is 5.75 Å². The summed E-state index contributed by atoms with van der Waals surface area (Å²) in [5.41, 5.74) is 3.69. The number of nitrogens with one attached hydrogen (secondary N) is 1. The number of benzene rings is 4. The molecule has 8 heteroatoms. The van der Waals surface area contributed by atoms with E-state index in [-0.39, 0.29) is 18.3 Å². The van der Waals surface area contributed by atoms with E-state index in [1.54, 1.807) is 53.9 Å². The summed E-state index contributed by atoms with van der Waals surface area (Å²) < 4.78 is 11.1. The molecule has 7 nitrogen and oxygen atoms in total. The van der Waals surface area contributed by atoms with Crippen LogP contribution < -0.4 is 15.0 Å². The minimum absolute atomic E-state index is 0.140. The van der Waals surface area contributed by atoms with Gasteiger partial charge in [-0.1, -0.05) is 67.2 Å². The Morgan fingerprint density at radius 3 is 2.30 bits per heavy atom. The van der Waals surface area contributed by atoms with Crippen molar-refractivity contribution in [3.8, 4) is 5.75 Å². The zero-order chi connectivity index (χ0) is 31.5. The minimum Gasteiger partial charge on any atom is -0.492 e. The molecule has 0 heterocycles. The van der Waals surface area contributed by atoms with E-state index >= 15 is 0 Å². The average molecular weight is 609 g/mol. The van der Waals surface area contributed by atoms with Gasteiger partial charge in [0, 0.05) is 39.4 Å². The van der Waals surface area contributed by atoms with Crippen molar-refractivity contribution in [3.63, 3.8) is 0 Å². The molecule has 0 aliphatic heterocycles. The lowest BCUT2D eigenvalue weighted by atomic mass is 10.00. The summed E-state index contributed by atoms with van der Waals surface area (Å²) in [6, 6.07) is 30.6. The highest BCUT2D eigenvalue weighted by molar-refractivity contribution is 7.98. The number of thioether (sulfide) groups is 1. The van der Waals surface area contributed by atoms with Gasteiger partial charge in [0.05, 0.1) is 13.7 Å². The molecule has 0 aliphatic rings. The lowest BCUT2D eigenvalue weighted by molar-refractivity contribution is -0.141. The third-order valence-electron chi connectivity index (χ3n) is 6.95. The van der Waals surface area contributed by atoms with Crippen LogP contribution in [0.1, 0.15) is 28.4 Å². The molecule has 0 aliphatic carbocycles. The average Bonchev–Trinajstić information content (AvgIpc) is 3.06. The summed E-state index contributed by atoms with van der Waals surface area (Å²) in [6.45, 7) is 6.15. The van der Waals surface area contributed by atoms with Gasteiger partial charge in [0.15, 0.2) is 5.78 Å². The molecule has 1 N–H and O–H groups in total. The standard InChI is InChI=1S/C36H36N2O5S/c1-25(2)35(40)38(28-13-10-14-30(24-28)44-4)21-22-43-29-19-17-26(18-20-29)23-33(36(41)42-3)37-32-16-9-8-15-31(32)34(39)27-11-6-5-7-12-27/h5-20,24,33,37H,1,21-23H2,2-4H3/t33-/m0/s1. The van der Waals surface area contributed by atoms with Gasteiger partial charge >= 0.3 is 5.97 Å². The smallest absolute Gasteiger partial charge is 0.328 e. The van der Waals surface area contributed by atoms with E-state index in [0.717, 1.165) is 16.1 Å². The maximum absolute atomic E-state index is 13.2. The van der Waals surface area contributed by atoms with Crippen molar-refractivity contribution in [1.82, 2.24) is 0 Å². The van der Waals surface area contributed by atoms with E-state index in [0.29, 0.717) is 41.1 Å². The first-order chi connectivity index (χ1) is 21.3. The van der Waals surface area contributed by atoms with Crippen LogP contribution in [0.15, 0.2) is 120 Å². The second kappa shape index (κ2) is 15.6. The Labute approximate surface area is 262 Å². The molecule has 1 atom stereocenters. The van der Waals surface area contributed by atoms with E-state index in [1.807, 2.05) is 79.1 Å². The Morgan fingerprint density at radius 1 is 0.909 bits per heavy atom. The third-order valence-corrected chi connectivity index (χ3v) is 7.67. The molecule has 0 saturated carbocycles. The van der Waals surface area contributed by atoms with E-state index < -0.39 is 12.0 Å². The van der Waals surface area contributed by atoms with Crippen LogP contribution in [0.2, 0.25) is 0 Å². The first-order valence-corrected chi connectivity index (χ1v) is 15.4. The molecule has 44 heavy (non-hydrogen) atoms. The molecule has 1 amide bonds. The SMILES string of the molecule is C=C(C)C(=O)N(CCOc1ccc(C[C@H](Nc2ccccc2C(=O)c2ccccc2)C(=O)OC)cc1)c1cccc(SC)c1. The van der Waals surface area contributed by atoms with Crippen molar-refractivity contribution < 1.29 is 23.9 Å². The maximum atomic E-state index is 13.2. The van der Waals surface area contributed by atoms with Crippen molar-refractivity contribution in [3.05, 3.63) is 132 Å². The number of carbonyl (C=O) groups is 3. The summed E-state index contributed by atoms with van der Waals surface area (Å²) >= 11 is 1.61. The number of ether oxygens (including phenoxy) is 2. The first kappa shape index (κ1) is 32.1. The highest BCUT2D eigenvalue weighted by Gasteiger charge is 2.23. The van der Waals surface area contributed by atoms with Crippen LogP contribution in [0, 0.1) is 0 Å². The zero-order valence-electron chi connectivity index (χ0n) is 25.1. The van der Waals surface area contributed by atoms with Gasteiger partial charge in [-0.05, 0) is 61.2 Å². The van der Waals surface area contributed by atoms with Crippen LogP contribution in [0.25, 0.3) is 0 Å². The number of ketones is 1. The van der Waals surface area contributed by atoms with Crippen molar-refractivity contribution >= 4 is 40.8 Å². The van der Waals surface area contributed by atoms with Crippen molar-refractivity contribution in [1.29, 1.82) is 0 Å². The fourth-order valence-electron chi connectivity index (χ4n) is 4.64. The molecular weight excluding hydrogens is 572 g/mol. The number of hydrogen-bond acceptors (Lipinski definition) is 7. The second-order valence-corrected chi connectivity index (χ2v) is 11.0. The lowest BCUT2D eigenvalue weighted by Gasteiger charge is -2.23. The number of esters is 1. The fraction of sp³-hybridized carbons (Fsp3) is 0.194. The number of anilines is 2. The molecule has 4 rings (SSSR count). The number of rotatable bonds is 14. The predicted molar refractivity (Wildman–Crippen MR) is 177 cm³/mol. The number of para-hydroxylation sites is 1. The molecule has 226 valence electrons. The second-order valence-electron chi connectivity index (χ2n) is 10.1. The van der Waals surface area contributed by atoms with Crippen molar-refractivity contribution in [2.45, 2.75) is 24.3 Å². The molecule has 0 aromatic heterocycles. The quantitative estimate of drug-likeness (QED) is 0.0728. The molecule has 0 bridgehead atoms. The first-order valence-electron chi connectivity index (χ1n) is 14.2. The van der Waals surface area contributed by atoms with Crippen LogP contribution in [-0.4, -0.2) is 50.2 Å². The Balaban J connectivity index is 1.42. The van der Waals surface area contributed by atoms with Crippen LogP contribution in [-0.2, 0) is 20.7 Å². The Hall–Kier alpha value is -4.82. The van der Waals surface area contributed by atoms with Crippen LogP contribution in [0.3, 0.4) is 0 Å². The Kier molecular flexibility index (Phi) is 11.4. The van der Waals surface area contributed by atoms with Crippen LogP contribution >= 0.6 is 11.8 Å². The fourth-order valence-corrected chi connectivity index (χ4v) is 5.10. The van der Waals surface area contributed by atoms with E-state index in [4.69, 9.17) is 9.47 Å². The summed E-state index contributed by atoms with van der Waals surface area (Å²) in [5, 5.41) is 3.23. The number of hydrogen-bond donors (Lipinski definition) is 1. The van der Waals surface area contributed by atoms with Gasteiger partial charge in [-0.2, -0.15) is 0 Å². The number of nitrogens with zero attached hydrogens (tertiary/aromatic N) is 1. The summed E-state index contributed by atoms with van der Waals surface area (Å²) in [7, 11) is 1.34.